The van der Waals surface area contributed by atoms with E-state index in [0.29, 0.717) is 23.9 Å². The Hall–Kier alpha value is -0.390. The molecule has 0 saturated heterocycles. The minimum absolute atomic E-state index is 0.0643. The Morgan fingerprint density at radius 1 is 1.21 bits per heavy atom. The summed E-state index contributed by atoms with van der Waals surface area (Å²) < 4.78 is 1.75. The van der Waals surface area contributed by atoms with Gasteiger partial charge < -0.3 is 10.4 Å². The molecule has 2 N–H and O–H groups in total. The van der Waals surface area contributed by atoms with Gasteiger partial charge in [-0.05, 0) is 42.9 Å². The summed E-state index contributed by atoms with van der Waals surface area (Å²) in [5.74, 6) is 0.685. The first-order valence-electron chi connectivity index (χ1n) is 6.45. The molecule has 2 unspecified atom stereocenters. The van der Waals surface area contributed by atoms with Crippen LogP contribution in [0.3, 0.4) is 0 Å². The van der Waals surface area contributed by atoms with Crippen molar-refractivity contribution in [1.29, 1.82) is 0 Å². The second kappa shape index (κ2) is 6.86. The van der Waals surface area contributed by atoms with E-state index in [-0.39, 0.29) is 12.5 Å². The van der Waals surface area contributed by atoms with Crippen LogP contribution in [0.4, 0.5) is 0 Å². The summed E-state index contributed by atoms with van der Waals surface area (Å²) in [7, 11) is 0. The van der Waals surface area contributed by atoms with Crippen molar-refractivity contribution in [2.45, 2.75) is 19.3 Å². The lowest BCUT2D eigenvalue weighted by atomic mass is 9.97. The lowest BCUT2D eigenvalue weighted by molar-refractivity contribution is 0.0937. The van der Waals surface area contributed by atoms with E-state index in [1.54, 1.807) is 12.1 Å². The number of halogens is 2. The standard InChI is InChI=1S/C14H17Br2NO2/c15-12-4-11(5-13(16)6-12)14(19)17-7-9-2-1-3-10(9)8-18/h4-6,9-10,18H,1-3,7-8H2,(H,17,19). The zero-order chi connectivity index (χ0) is 13.8. The predicted octanol–water partition coefficient (Wildman–Crippen LogP) is 3.35. The molecule has 0 aliphatic heterocycles. The lowest BCUT2D eigenvalue weighted by Gasteiger charge is -2.17. The predicted molar refractivity (Wildman–Crippen MR) is 82.1 cm³/mol. The number of benzene rings is 1. The molecule has 1 aliphatic rings. The van der Waals surface area contributed by atoms with E-state index in [4.69, 9.17) is 0 Å². The fourth-order valence-corrected chi connectivity index (χ4v) is 3.93. The van der Waals surface area contributed by atoms with Gasteiger partial charge in [0.25, 0.3) is 5.91 Å². The van der Waals surface area contributed by atoms with Gasteiger partial charge in [0, 0.05) is 27.7 Å². The third-order valence-electron chi connectivity index (χ3n) is 3.70. The van der Waals surface area contributed by atoms with Gasteiger partial charge in [0.2, 0.25) is 0 Å². The fourth-order valence-electron chi connectivity index (χ4n) is 2.63. The summed E-state index contributed by atoms with van der Waals surface area (Å²) in [6, 6.07) is 5.51. The third-order valence-corrected chi connectivity index (χ3v) is 4.62. The van der Waals surface area contributed by atoms with Crippen LogP contribution in [0.15, 0.2) is 27.1 Å². The van der Waals surface area contributed by atoms with Crippen molar-refractivity contribution < 1.29 is 9.90 Å². The molecule has 2 atom stereocenters. The summed E-state index contributed by atoms with van der Waals surface area (Å²) in [5.41, 5.74) is 0.639. The highest BCUT2D eigenvalue weighted by Gasteiger charge is 2.26. The van der Waals surface area contributed by atoms with Crippen LogP contribution in [0.5, 0.6) is 0 Å². The van der Waals surface area contributed by atoms with Gasteiger partial charge >= 0.3 is 0 Å². The van der Waals surface area contributed by atoms with Crippen LogP contribution in [0, 0.1) is 11.8 Å². The van der Waals surface area contributed by atoms with Crippen LogP contribution in [-0.2, 0) is 0 Å². The molecular formula is C14H17Br2NO2. The fraction of sp³-hybridized carbons (Fsp3) is 0.500. The monoisotopic (exact) mass is 389 g/mol. The van der Waals surface area contributed by atoms with E-state index in [2.05, 4.69) is 37.2 Å². The molecule has 5 heteroatoms. The van der Waals surface area contributed by atoms with Gasteiger partial charge in [-0.25, -0.2) is 0 Å². The number of aliphatic hydroxyl groups excluding tert-OH is 1. The minimum atomic E-state index is -0.0643. The zero-order valence-electron chi connectivity index (χ0n) is 10.5. The summed E-state index contributed by atoms with van der Waals surface area (Å²) in [6.45, 7) is 0.872. The Balaban J connectivity index is 1.94. The Morgan fingerprint density at radius 3 is 2.47 bits per heavy atom. The first-order chi connectivity index (χ1) is 9.10. The number of nitrogens with one attached hydrogen (secondary N) is 1. The maximum absolute atomic E-state index is 12.1. The summed E-state index contributed by atoms with van der Waals surface area (Å²) in [4.78, 5) is 12.1. The van der Waals surface area contributed by atoms with Crippen LogP contribution in [0.1, 0.15) is 29.6 Å². The summed E-state index contributed by atoms with van der Waals surface area (Å²) in [5, 5.41) is 12.2. The molecule has 1 amide bonds. The summed E-state index contributed by atoms with van der Waals surface area (Å²) >= 11 is 6.75. The van der Waals surface area contributed by atoms with Gasteiger partial charge in [-0.2, -0.15) is 0 Å². The number of hydrogen-bond donors (Lipinski definition) is 2. The average molecular weight is 391 g/mol. The molecule has 1 aliphatic carbocycles. The van der Waals surface area contributed by atoms with E-state index in [9.17, 15) is 9.90 Å². The van der Waals surface area contributed by atoms with Crippen LogP contribution < -0.4 is 5.32 Å². The van der Waals surface area contributed by atoms with E-state index in [1.165, 1.54) is 0 Å². The molecule has 0 radical (unpaired) electrons. The van der Waals surface area contributed by atoms with E-state index in [0.717, 1.165) is 28.2 Å². The van der Waals surface area contributed by atoms with E-state index >= 15 is 0 Å². The van der Waals surface area contributed by atoms with Gasteiger partial charge in [-0.3, -0.25) is 4.79 Å². The quantitative estimate of drug-likeness (QED) is 0.828. The first kappa shape index (κ1) is 15.0. The van der Waals surface area contributed by atoms with Gasteiger partial charge in [-0.1, -0.05) is 38.3 Å². The number of hydrogen-bond acceptors (Lipinski definition) is 2. The Bertz CT molecular complexity index is 445. The Kier molecular flexibility index (Phi) is 5.42. The van der Waals surface area contributed by atoms with Gasteiger partial charge in [0.15, 0.2) is 0 Å². The molecule has 2 rings (SSSR count). The van der Waals surface area contributed by atoms with Crippen LogP contribution in [0.2, 0.25) is 0 Å². The van der Waals surface area contributed by atoms with Crippen molar-refractivity contribution in [3.8, 4) is 0 Å². The number of amides is 1. The van der Waals surface area contributed by atoms with Gasteiger partial charge in [0.05, 0.1) is 0 Å². The topological polar surface area (TPSA) is 49.3 Å². The van der Waals surface area contributed by atoms with E-state index in [1.807, 2.05) is 6.07 Å². The second-order valence-corrected chi connectivity index (χ2v) is 6.83. The molecule has 19 heavy (non-hydrogen) atoms. The number of carbonyl (C=O) groups excluding carboxylic acids is 1. The van der Waals surface area contributed by atoms with Crippen LogP contribution in [0.25, 0.3) is 0 Å². The Morgan fingerprint density at radius 2 is 1.84 bits per heavy atom. The average Bonchev–Trinajstić information content (AvgIpc) is 2.82. The van der Waals surface area contributed by atoms with Crippen LogP contribution in [-0.4, -0.2) is 24.2 Å². The molecule has 0 bridgehead atoms. The van der Waals surface area contributed by atoms with Crippen molar-refractivity contribution >= 4 is 37.8 Å². The van der Waals surface area contributed by atoms with Gasteiger partial charge in [0.1, 0.15) is 0 Å². The van der Waals surface area contributed by atoms with Crippen LogP contribution >= 0.6 is 31.9 Å². The molecule has 1 saturated carbocycles. The zero-order valence-corrected chi connectivity index (χ0v) is 13.7. The van der Waals surface area contributed by atoms with Gasteiger partial charge in [-0.15, -0.1) is 0 Å². The molecule has 1 fully saturated rings. The largest absolute Gasteiger partial charge is 0.396 e. The van der Waals surface area contributed by atoms with Crippen molar-refractivity contribution in [3.63, 3.8) is 0 Å². The molecule has 1 aromatic carbocycles. The number of aliphatic hydroxyl groups is 1. The van der Waals surface area contributed by atoms with Crippen molar-refractivity contribution in [2.24, 2.45) is 11.8 Å². The maximum Gasteiger partial charge on any atom is 0.251 e. The minimum Gasteiger partial charge on any atom is -0.396 e. The smallest absolute Gasteiger partial charge is 0.251 e. The maximum atomic E-state index is 12.1. The molecule has 3 nitrogen and oxygen atoms in total. The molecule has 0 spiro atoms. The highest BCUT2D eigenvalue weighted by molar-refractivity contribution is 9.11. The van der Waals surface area contributed by atoms with Crippen molar-refractivity contribution in [1.82, 2.24) is 5.32 Å². The van der Waals surface area contributed by atoms with Crippen molar-refractivity contribution in [2.75, 3.05) is 13.2 Å². The highest BCUT2D eigenvalue weighted by Crippen LogP contribution is 2.30. The molecule has 104 valence electrons. The molecule has 0 aromatic heterocycles. The first-order valence-corrected chi connectivity index (χ1v) is 8.04. The third kappa shape index (κ3) is 4.04. The van der Waals surface area contributed by atoms with Crippen molar-refractivity contribution in [3.05, 3.63) is 32.7 Å². The highest BCUT2D eigenvalue weighted by atomic mass is 79.9. The number of carbonyl (C=O) groups is 1. The normalized spacial score (nSPS) is 22.5. The van der Waals surface area contributed by atoms with E-state index < -0.39 is 0 Å². The molecular weight excluding hydrogens is 374 g/mol. The summed E-state index contributed by atoms with van der Waals surface area (Å²) in [6.07, 6.45) is 3.31. The molecule has 1 aromatic rings. The number of rotatable bonds is 4. The molecule has 0 heterocycles. The second-order valence-electron chi connectivity index (χ2n) is 5.00. The Labute approximate surface area is 130 Å². The lowest BCUT2D eigenvalue weighted by Crippen LogP contribution is -2.31. The SMILES string of the molecule is O=C(NCC1CCCC1CO)c1cc(Br)cc(Br)c1.